The van der Waals surface area contributed by atoms with Crippen molar-refractivity contribution in [3.8, 4) is 39.9 Å². The van der Waals surface area contributed by atoms with Crippen molar-refractivity contribution in [3.63, 3.8) is 0 Å². The van der Waals surface area contributed by atoms with Crippen LogP contribution in [-0.4, -0.2) is 19.5 Å². The number of thiophene rings is 1. The summed E-state index contributed by atoms with van der Waals surface area (Å²) >= 11 is 1.85. The Morgan fingerprint density at radius 2 is 1.09 bits per heavy atom. The van der Waals surface area contributed by atoms with Crippen LogP contribution >= 0.6 is 11.3 Å². The average molecular weight is 595 g/mol. The highest BCUT2D eigenvalue weighted by Gasteiger charge is 2.17. The summed E-state index contributed by atoms with van der Waals surface area (Å²) in [6.07, 6.45) is 0. The quantitative estimate of drug-likeness (QED) is 0.204. The second kappa shape index (κ2) is 10.2. The predicted molar refractivity (Wildman–Crippen MR) is 188 cm³/mol. The minimum atomic E-state index is 0.654. The third-order valence-corrected chi connectivity index (χ3v) is 9.63. The average Bonchev–Trinajstić information content (AvgIpc) is 3.62. The molecule has 0 bridgehead atoms. The van der Waals surface area contributed by atoms with Gasteiger partial charge in [0.1, 0.15) is 0 Å². The summed E-state index contributed by atoms with van der Waals surface area (Å²) in [5.41, 5.74) is 7.54. The van der Waals surface area contributed by atoms with Crippen LogP contribution in [0.4, 0.5) is 0 Å². The van der Waals surface area contributed by atoms with Gasteiger partial charge in [-0.05, 0) is 61.5 Å². The number of aryl methyl sites for hydroxylation is 1. The lowest BCUT2D eigenvalue weighted by molar-refractivity contribution is 1.07. The van der Waals surface area contributed by atoms with Crippen LogP contribution in [0.2, 0.25) is 0 Å². The van der Waals surface area contributed by atoms with Crippen LogP contribution < -0.4 is 0 Å². The van der Waals surface area contributed by atoms with Crippen molar-refractivity contribution in [1.29, 1.82) is 0 Å². The molecule has 0 aliphatic heterocycles. The van der Waals surface area contributed by atoms with E-state index >= 15 is 0 Å². The Labute approximate surface area is 263 Å². The van der Waals surface area contributed by atoms with E-state index in [9.17, 15) is 0 Å². The van der Waals surface area contributed by atoms with E-state index in [4.69, 9.17) is 15.0 Å². The van der Waals surface area contributed by atoms with Gasteiger partial charge in [-0.1, -0.05) is 90.5 Å². The number of aromatic nitrogens is 4. The molecule has 0 N–H and O–H groups in total. The second-order valence-electron chi connectivity index (χ2n) is 11.4. The van der Waals surface area contributed by atoms with E-state index in [1.807, 2.05) is 47.7 Å². The molecule has 3 aromatic heterocycles. The normalized spacial score (nSPS) is 11.7. The summed E-state index contributed by atoms with van der Waals surface area (Å²) in [6.45, 7) is 2.09. The van der Waals surface area contributed by atoms with Gasteiger partial charge in [0.05, 0.1) is 11.0 Å². The molecule has 3 heterocycles. The summed E-state index contributed by atoms with van der Waals surface area (Å²) in [4.78, 5) is 14.8. The van der Waals surface area contributed by atoms with Crippen molar-refractivity contribution in [2.24, 2.45) is 0 Å². The standard InChI is InChI=1S/C40H26N4S/c1-25-10-9-13-28(22-25)40-42-38(26-11-3-2-4-12-26)41-39(43-40)27-18-20-29(21-19-27)44-34-16-7-5-14-30(34)32-23-33-31-15-6-8-17-36(31)45-37(33)24-35(32)44/h2-24H,1H3. The minimum Gasteiger partial charge on any atom is -0.309 e. The molecule has 5 heteroatoms. The van der Waals surface area contributed by atoms with Crippen molar-refractivity contribution >= 4 is 53.3 Å². The van der Waals surface area contributed by atoms with Crippen molar-refractivity contribution in [1.82, 2.24) is 19.5 Å². The van der Waals surface area contributed by atoms with Gasteiger partial charge in [0.15, 0.2) is 17.5 Å². The van der Waals surface area contributed by atoms with E-state index in [1.165, 1.54) is 47.5 Å². The molecule has 0 saturated carbocycles. The first kappa shape index (κ1) is 25.8. The Hall–Kier alpha value is -5.65. The summed E-state index contributed by atoms with van der Waals surface area (Å²) in [7, 11) is 0. The molecule has 0 atom stereocenters. The lowest BCUT2D eigenvalue weighted by atomic mass is 10.1. The van der Waals surface area contributed by atoms with Crippen LogP contribution in [0.25, 0.3) is 81.8 Å². The Morgan fingerprint density at radius 3 is 1.87 bits per heavy atom. The largest absolute Gasteiger partial charge is 0.309 e. The molecule has 0 radical (unpaired) electrons. The first-order chi connectivity index (χ1) is 22.2. The van der Waals surface area contributed by atoms with E-state index in [1.54, 1.807) is 0 Å². The highest BCUT2D eigenvalue weighted by Crippen LogP contribution is 2.40. The van der Waals surface area contributed by atoms with Crippen molar-refractivity contribution in [3.05, 3.63) is 145 Å². The number of benzene rings is 6. The smallest absolute Gasteiger partial charge is 0.164 e. The summed E-state index contributed by atoms with van der Waals surface area (Å²) < 4.78 is 4.99. The fourth-order valence-electron chi connectivity index (χ4n) is 6.36. The first-order valence-electron chi connectivity index (χ1n) is 15.0. The van der Waals surface area contributed by atoms with Gasteiger partial charge in [-0.3, -0.25) is 0 Å². The first-order valence-corrected chi connectivity index (χ1v) is 15.9. The van der Waals surface area contributed by atoms with Crippen molar-refractivity contribution < 1.29 is 0 Å². The molecule has 0 fully saturated rings. The van der Waals surface area contributed by atoms with Crippen LogP contribution in [0, 0.1) is 6.92 Å². The molecular weight excluding hydrogens is 569 g/mol. The molecule has 9 rings (SSSR count). The SMILES string of the molecule is Cc1cccc(-c2nc(-c3ccccc3)nc(-c3ccc(-n4c5ccccc5c5cc6c(cc54)sc4ccccc46)cc3)n2)c1. The highest BCUT2D eigenvalue weighted by molar-refractivity contribution is 7.25. The second-order valence-corrected chi connectivity index (χ2v) is 12.5. The fraction of sp³-hybridized carbons (Fsp3) is 0.0250. The van der Waals surface area contributed by atoms with Gasteiger partial charge in [0.2, 0.25) is 0 Å². The molecule has 212 valence electrons. The summed E-state index contributed by atoms with van der Waals surface area (Å²) in [5.74, 6) is 1.98. The van der Waals surface area contributed by atoms with Gasteiger partial charge >= 0.3 is 0 Å². The zero-order chi connectivity index (χ0) is 29.9. The number of nitrogens with zero attached hydrogens (tertiary/aromatic N) is 4. The molecule has 0 amide bonds. The van der Waals surface area contributed by atoms with E-state index < -0.39 is 0 Å². The maximum atomic E-state index is 4.96. The van der Waals surface area contributed by atoms with Gasteiger partial charge in [0, 0.05) is 53.3 Å². The third-order valence-electron chi connectivity index (χ3n) is 8.50. The maximum Gasteiger partial charge on any atom is 0.164 e. The van der Waals surface area contributed by atoms with Gasteiger partial charge < -0.3 is 4.57 Å². The van der Waals surface area contributed by atoms with Crippen LogP contribution in [0.5, 0.6) is 0 Å². The lowest BCUT2D eigenvalue weighted by Gasteiger charge is -2.11. The third kappa shape index (κ3) is 4.32. The zero-order valence-corrected chi connectivity index (χ0v) is 25.3. The van der Waals surface area contributed by atoms with E-state index in [0.29, 0.717) is 17.5 Å². The minimum absolute atomic E-state index is 0.654. The van der Waals surface area contributed by atoms with Gasteiger partial charge in [-0.25, -0.2) is 15.0 Å². The van der Waals surface area contributed by atoms with Crippen LogP contribution in [0.15, 0.2) is 140 Å². The molecular formula is C40H26N4S. The van der Waals surface area contributed by atoms with Crippen LogP contribution in [-0.2, 0) is 0 Å². The molecule has 0 saturated heterocycles. The van der Waals surface area contributed by atoms with Gasteiger partial charge in [0.25, 0.3) is 0 Å². The van der Waals surface area contributed by atoms with Gasteiger partial charge in [-0.15, -0.1) is 11.3 Å². The Bertz CT molecular complexity index is 2540. The number of rotatable bonds is 4. The van der Waals surface area contributed by atoms with Crippen molar-refractivity contribution in [2.45, 2.75) is 6.92 Å². The van der Waals surface area contributed by atoms with E-state index in [2.05, 4.69) is 115 Å². The molecule has 0 unspecified atom stereocenters. The molecule has 0 aliphatic rings. The van der Waals surface area contributed by atoms with Crippen LogP contribution in [0.1, 0.15) is 5.56 Å². The number of hydrogen-bond acceptors (Lipinski definition) is 4. The van der Waals surface area contributed by atoms with E-state index in [0.717, 1.165) is 22.4 Å². The Balaban J connectivity index is 1.20. The predicted octanol–water partition coefficient (Wildman–Crippen LogP) is 10.6. The van der Waals surface area contributed by atoms with Gasteiger partial charge in [-0.2, -0.15) is 0 Å². The highest BCUT2D eigenvalue weighted by atomic mass is 32.1. The van der Waals surface area contributed by atoms with Crippen molar-refractivity contribution in [2.75, 3.05) is 0 Å². The number of para-hydroxylation sites is 1. The van der Waals surface area contributed by atoms with Crippen LogP contribution in [0.3, 0.4) is 0 Å². The molecule has 9 aromatic rings. The molecule has 6 aromatic carbocycles. The maximum absolute atomic E-state index is 4.96. The molecule has 4 nitrogen and oxygen atoms in total. The summed E-state index contributed by atoms with van der Waals surface area (Å²) in [6, 6.07) is 49.1. The molecule has 45 heavy (non-hydrogen) atoms. The number of hydrogen-bond donors (Lipinski definition) is 0. The monoisotopic (exact) mass is 594 g/mol. The molecule has 0 spiro atoms. The number of fused-ring (bicyclic) bond motifs is 6. The fourth-order valence-corrected chi connectivity index (χ4v) is 7.48. The molecule has 0 aliphatic carbocycles. The zero-order valence-electron chi connectivity index (χ0n) is 24.5. The van der Waals surface area contributed by atoms with E-state index in [-0.39, 0.29) is 0 Å². The summed E-state index contributed by atoms with van der Waals surface area (Å²) in [5, 5.41) is 5.15. The Morgan fingerprint density at radius 1 is 0.444 bits per heavy atom. The Kier molecular flexibility index (Phi) is 5.86. The topological polar surface area (TPSA) is 43.6 Å². The lowest BCUT2D eigenvalue weighted by Crippen LogP contribution is -2.00.